The van der Waals surface area contributed by atoms with E-state index in [0.717, 1.165) is 0 Å². The lowest BCUT2D eigenvalue weighted by Gasteiger charge is -2.42. The van der Waals surface area contributed by atoms with Gasteiger partial charge >= 0.3 is 5.97 Å². The number of ether oxygens (including phenoxy) is 6. The van der Waals surface area contributed by atoms with E-state index in [2.05, 4.69) is 0 Å². The highest BCUT2D eigenvalue weighted by molar-refractivity contribution is 5.89. The van der Waals surface area contributed by atoms with Crippen LogP contribution in [0, 0.1) is 11.8 Å². The zero-order valence-corrected chi connectivity index (χ0v) is 18.0. The van der Waals surface area contributed by atoms with Crippen molar-refractivity contribution in [1.29, 1.82) is 0 Å². The third-order valence-electron chi connectivity index (χ3n) is 6.86. The number of aliphatic hydroxyl groups is 5. The monoisotopic (exact) mass is 482 g/mol. The molecule has 5 rings (SSSR count). The molecule has 0 aromatic heterocycles. The molecule has 3 aliphatic heterocycles. The van der Waals surface area contributed by atoms with Crippen LogP contribution in [0.5, 0.6) is 5.75 Å². The van der Waals surface area contributed by atoms with Crippen LogP contribution >= 0.6 is 0 Å². The number of hydrogen-bond acceptors (Lipinski definition) is 12. The Kier molecular flexibility index (Phi) is 6.02. The summed E-state index contributed by atoms with van der Waals surface area (Å²) in [5.41, 5.74) is -0.815. The smallest absolute Gasteiger partial charge is 0.338 e. The molecule has 0 radical (unpaired) electrons. The Morgan fingerprint density at radius 2 is 1.79 bits per heavy atom. The molecule has 12 nitrogen and oxygen atoms in total. The second-order valence-electron chi connectivity index (χ2n) is 8.69. The molecule has 1 aliphatic carbocycles. The first-order valence-electron chi connectivity index (χ1n) is 10.8. The van der Waals surface area contributed by atoms with Gasteiger partial charge in [-0.25, -0.2) is 4.79 Å². The van der Waals surface area contributed by atoms with E-state index in [9.17, 15) is 30.3 Å². The zero-order chi connectivity index (χ0) is 24.2. The lowest BCUT2D eigenvalue weighted by atomic mass is 9.85. The normalized spacial score (nSPS) is 44.5. The van der Waals surface area contributed by atoms with Gasteiger partial charge in [0.25, 0.3) is 0 Å². The second-order valence-corrected chi connectivity index (χ2v) is 8.69. The summed E-state index contributed by atoms with van der Waals surface area (Å²) >= 11 is 0. The number of hydrogen-bond donors (Lipinski definition) is 5. The Balaban J connectivity index is 1.33. The van der Waals surface area contributed by atoms with Crippen LogP contribution in [0.15, 0.2) is 36.6 Å². The molecule has 3 heterocycles. The molecule has 3 fully saturated rings. The molecule has 12 heteroatoms. The van der Waals surface area contributed by atoms with Crippen LogP contribution in [0.2, 0.25) is 0 Å². The van der Waals surface area contributed by atoms with E-state index in [4.69, 9.17) is 28.4 Å². The summed E-state index contributed by atoms with van der Waals surface area (Å²) < 4.78 is 33.0. The van der Waals surface area contributed by atoms with Crippen LogP contribution < -0.4 is 4.74 Å². The third-order valence-corrected chi connectivity index (χ3v) is 6.86. The maximum Gasteiger partial charge on any atom is 0.338 e. The summed E-state index contributed by atoms with van der Waals surface area (Å²) in [4.78, 5) is 12.8. The number of epoxide rings is 1. The van der Waals surface area contributed by atoms with Crippen molar-refractivity contribution in [3.63, 3.8) is 0 Å². The van der Waals surface area contributed by atoms with E-state index < -0.39 is 79.4 Å². The molecule has 11 unspecified atom stereocenters. The molecule has 34 heavy (non-hydrogen) atoms. The molecule has 0 bridgehead atoms. The summed E-state index contributed by atoms with van der Waals surface area (Å²) in [5.74, 6) is -1.13. The lowest BCUT2D eigenvalue weighted by molar-refractivity contribution is -0.371. The minimum atomic E-state index is -1.79. The number of fused-ring (bicyclic) bond motifs is 3. The Hall–Kier alpha value is -2.29. The minimum absolute atomic E-state index is 0.309. The Morgan fingerprint density at radius 3 is 2.47 bits per heavy atom. The topological polar surface area (TPSA) is 177 Å². The molecule has 1 aromatic carbocycles. The minimum Gasteiger partial charge on any atom is -0.497 e. The summed E-state index contributed by atoms with van der Waals surface area (Å²) in [6.45, 7) is -0.412. The van der Waals surface area contributed by atoms with Crippen LogP contribution in [-0.4, -0.2) is 100 Å². The summed E-state index contributed by atoms with van der Waals surface area (Å²) in [6.07, 6.45) is -7.97. The van der Waals surface area contributed by atoms with E-state index in [-0.39, 0.29) is 0 Å². The number of rotatable bonds is 6. The molecule has 4 aliphatic rings. The van der Waals surface area contributed by atoms with Crippen molar-refractivity contribution in [2.75, 3.05) is 13.7 Å². The van der Waals surface area contributed by atoms with Crippen molar-refractivity contribution < 1.29 is 58.7 Å². The van der Waals surface area contributed by atoms with Crippen molar-refractivity contribution in [3.8, 4) is 5.75 Å². The highest BCUT2D eigenvalue weighted by Crippen LogP contribution is 2.60. The van der Waals surface area contributed by atoms with Gasteiger partial charge in [-0.1, -0.05) is 0 Å². The number of esters is 1. The molecular formula is C22H26O12. The fraction of sp³-hybridized carbons (Fsp3) is 0.591. The van der Waals surface area contributed by atoms with Crippen LogP contribution in [0.25, 0.3) is 0 Å². The van der Waals surface area contributed by atoms with E-state index >= 15 is 0 Å². The average Bonchev–Trinajstić information content (AvgIpc) is 3.53. The molecule has 1 aromatic rings. The first kappa shape index (κ1) is 23.5. The first-order valence-corrected chi connectivity index (χ1v) is 10.8. The van der Waals surface area contributed by atoms with E-state index in [0.29, 0.717) is 11.3 Å². The molecule has 2 saturated heterocycles. The predicted molar refractivity (Wildman–Crippen MR) is 108 cm³/mol. The van der Waals surface area contributed by atoms with Gasteiger partial charge in [0.05, 0.1) is 31.5 Å². The van der Waals surface area contributed by atoms with Gasteiger partial charge in [-0.2, -0.15) is 0 Å². The SMILES string of the molecule is COc1ccc(C(=O)OC2C3C=COC(OC4OC(O)C(O)C(O)C4O)C3C3(CO)OC23)cc1. The van der Waals surface area contributed by atoms with E-state index in [1.807, 2.05) is 0 Å². The number of carbonyl (C=O) groups excluding carboxylic acids is 1. The van der Waals surface area contributed by atoms with Crippen LogP contribution in [0.4, 0.5) is 0 Å². The number of carbonyl (C=O) groups is 1. The van der Waals surface area contributed by atoms with Gasteiger partial charge in [0.15, 0.2) is 12.6 Å². The third kappa shape index (κ3) is 3.67. The Morgan fingerprint density at radius 1 is 1.06 bits per heavy atom. The second kappa shape index (κ2) is 8.73. The molecule has 0 amide bonds. The van der Waals surface area contributed by atoms with Gasteiger partial charge in [-0.3, -0.25) is 0 Å². The van der Waals surface area contributed by atoms with Gasteiger partial charge in [0.2, 0.25) is 6.29 Å². The highest BCUT2D eigenvalue weighted by atomic mass is 16.8. The lowest BCUT2D eigenvalue weighted by Crippen LogP contribution is -2.59. The maximum absolute atomic E-state index is 12.8. The highest BCUT2D eigenvalue weighted by Gasteiger charge is 2.77. The summed E-state index contributed by atoms with van der Waals surface area (Å²) in [5, 5.41) is 49.7. The van der Waals surface area contributed by atoms with Crippen molar-refractivity contribution >= 4 is 5.97 Å². The maximum atomic E-state index is 12.8. The van der Waals surface area contributed by atoms with Gasteiger partial charge in [0, 0.05) is 5.92 Å². The molecular weight excluding hydrogens is 456 g/mol. The van der Waals surface area contributed by atoms with E-state index in [1.165, 1.54) is 13.4 Å². The average molecular weight is 482 g/mol. The fourth-order valence-electron chi connectivity index (χ4n) is 4.97. The Labute approximate surface area is 193 Å². The molecule has 0 spiro atoms. The quantitative estimate of drug-likeness (QED) is 0.228. The molecule has 1 saturated carbocycles. The Bertz CT molecular complexity index is 936. The zero-order valence-electron chi connectivity index (χ0n) is 18.0. The molecule has 186 valence electrons. The number of aliphatic hydroxyl groups excluding tert-OH is 5. The van der Waals surface area contributed by atoms with Crippen molar-refractivity contribution in [2.45, 2.75) is 55.0 Å². The predicted octanol–water partition coefficient (Wildman–Crippen LogP) is -1.76. The fourth-order valence-corrected chi connectivity index (χ4v) is 4.97. The standard InChI is InChI=1S/C22H26O12/c1-29-10-4-2-9(3-5-10)18(27)31-16-11-6-7-30-20(12(11)22(8-23)17(16)34-22)33-21-15(26)13(24)14(25)19(28)32-21/h2-7,11-17,19-21,23-26,28H,8H2,1H3. The summed E-state index contributed by atoms with van der Waals surface area (Å²) in [6, 6.07) is 6.40. The summed E-state index contributed by atoms with van der Waals surface area (Å²) in [7, 11) is 1.52. The van der Waals surface area contributed by atoms with Gasteiger partial charge in [-0.15, -0.1) is 0 Å². The largest absolute Gasteiger partial charge is 0.497 e. The first-order chi connectivity index (χ1) is 16.3. The molecule has 5 N–H and O–H groups in total. The van der Waals surface area contributed by atoms with Crippen molar-refractivity contribution in [3.05, 3.63) is 42.2 Å². The van der Waals surface area contributed by atoms with Crippen LogP contribution in [-0.2, 0) is 23.7 Å². The van der Waals surface area contributed by atoms with E-state index in [1.54, 1.807) is 30.3 Å². The van der Waals surface area contributed by atoms with Gasteiger partial charge in [0.1, 0.15) is 41.9 Å². The van der Waals surface area contributed by atoms with Gasteiger partial charge in [-0.05, 0) is 30.3 Å². The van der Waals surface area contributed by atoms with Gasteiger partial charge < -0.3 is 54.0 Å². The van der Waals surface area contributed by atoms with Crippen LogP contribution in [0.1, 0.15) is 10.4 Å². The number of benzene rings is 1. The molecule has 11 atom stereocenters. The van der Waals surface area contributed by atoms with Crippen LogP contribution in [0.3, 0.4) is 0 Å². The van der Waals surface area contributed by atoms with Crippen molar-refractivity contribution in [1.82, 2.24) is 0 Å². The van der Waals surface area contributed by atoms with Crippen molar-refractivity contribution in [2.24, 2.45) is 11.8 Å². The number of methoxy groups -OCH3 is 1.